The van der Waals surface area contributed by atoms with Gasteiger partial charge in [-0.15, -0.1) is 0 Å². The highest BCUT2D eigenvalue weighted by atomic mass is 19.1. The van der Waals surface area contributed by atoms with E-state index in [2.05, 4.69) is 0 Å². The van der Waals surface area contributed by atoms with Crippen LogP contribution in [0.5, 0.6) is 5.75 Å². The number of nitrogens with two attached hydrogens (primary N) is 1. The van der Waals surface area contributed by atoms with Crippen molar-refractivity contribution in [1.29, 1.82) is 0 Å². The number of methoxy groups -OCH3 is 2. The second-order valence-electron chi connectivity index (χ2n) is 4.73. The lowest BCUT2D eigenvalue weighted by Crippen LogP contribution is -2.25. The summed E-state index contributed by atoms with van der Waals surface area (Å²) in [6.07, 6.45) is 2.52. The van der Waals surface area contributed by atoms with Gasteiger partial charge in [0.15, 0.2) is 0 Å². The molecule has 1 aromatic carbocycles. The molecule has 1 aromatic rings. The Morgan fingerprint density at radius 1 is 1.29 bits per heavy atom. The third kappa shape index (κ3) is 2.76. The Morgan fingerprint density at radius 3 is 2.53 bits per heavy atom. The first-order valence-corrected chi connectivity index (χ1v) is 5.71. The van der Waals surface area contributed by atoms with E-state index in [1.165, 1.54) is 13.2 Å². The maximum Gasteiger partial charge on any atom is 0.130 e. The van der Waals surface area contributed by atoms with Gasteiger partial charge in [0.1, 0.15) is 11.6 Å². The van der Waals surface area contributed by atoms with E-state index in [-0.39, 0.29) is 11.4 Å². The molecule has 0 amide bonds. The van der Waals surface area contributed by atoms with Gasteiger partial charge >= 0.3 is 0 Å². The van der Waals surface area contributed by atoms with Gasteiger partial charge in [0.05, 0.1) is 13.7 Å². The van der Waals surface area contributed by atoms with Crippen molar-refractivity contribution in [3.8, 4) is 5.75 Å². The highest BCUT2D eigenvalue weighted by molar-refractivity contribution is 5.39. The van der Waals surface area contributed by atoms with Crippen molar-refractivity contribution >= 4 is 0 Å². The van der Waals surface area contributed by atoms with Gasteiger partial charge < -0.3 is 15.2 Å². The summed E-state index contributed by atoms with van der Waals surface area (Å²) in [5.74, 6) is 0.272. The lowest BCUT2D eigenvalue weighted by atomic mass is 10.0. The van der Waals surface area contributed by atoms with Crippen LogP contribution in [0.15, 0.2) is 12.1 Å². The number of hydrogen-bond acceptors (Lipinski definition) is 3. The molecule has 1 aliphatic carbocycles. The standard InChI is InChI=1S/C13H18FNO2/c1-16-8-10-5-9(7-13(15)3-4-13)11(14)6-12(10)17-2/h5-6H,3-4,7-8,15H2,1-2H3. The van der Waals surface area contributed by atoms with E-state index in [4.69, 9.17) is 15.2 Å². The van der Waals surface area contributed by atoms with Crippen LogP contribution in [0.1, 0.15) is 24.0 Å². The quantitative estimate of drug-likeness (QED) is 0.855. The molecule has 0 atom stereocenters. The number of benzene rings is 1. The van der Waals surface area contributed by atoms with Gasteiger partial charge in [0.25, 0.3) is 0 Å². The summed E-state index contributed by atoms with van der Waals surface area (Å²) in [7, 11) is 3.13. The van der Waals surface area contributed by atoms with Gasteiger partial charge in [0.2, 0.25) is 0 Å². The molecule has 0 spiro atoms. The smallest absolute Gasteiger partial charge is 0.130 e. The van der Waals surface area contributed by atoms with Crippen molar-refractivity contribution in [1.82, 2.24) is 0 Å². The van der Waals surface area contributed by atoms with E-state index < -0.39 is 0 Å². The van der Waals surface area contributed by atoms with Crippen LogP contribution in [0.4, 0.5) is 4.39 Å². The van der Waals surface area contributed by atoms with Gasteiger partial charge in [-0.1, -0.05) is 0 Å². The Bertz CT molecular complexity index is 416. The molecule has 0 heterocycles. The Labute approximate surface area is 101 Å². The summed E-state index contributed by atoms with van der Waals surface area (Å²) in [5, 5.41) is 0. The monoisotopic (exact) mass is 239 g/mol. The van der Waals surface area contributed by atoms with Crippen LogP contribution in [0.25, 0.3) is 0 Å². The first-order chi connectivity index (χ1) is 8.08. The second-order valence-corrected chi connectivity index (χ2v) is 4.73. The van der Waals surface area contributed by atoms with Crippen LogP contribution in [-0.4, -0.2) is 19.8 Å². The van der Waals surface area contributed by atoms with Crippen LogP contribution >= 0.6 is 0 Å². The van der Waals surface area contributed by atoms with Gasteiger partial charge in [-0.05, 0) is 30.9 Å². The van der Waals surface area contributed by atoms with Gasteiger partial charge in [-0.25, -0.2) is 4.39 Å². The van der Waals surface area contributed by atoms with Crippen molar-refractivity contribution < 1.29 is 13.9 Å². The number of hydrogen-bond donors (Lipinski definition) is 1. The van der Waals surface area contributed by atoms with Crippen molar-refractivity contribution in [2.75, 3.05) is 14.2 Å². The van der Waals surface area contributed by atoms with E-state index in [1.54, 1.807) is 13.2 Å². The van der Waals surface area contributed by atoms with E-state index in [9.17, 15) is 4.39 Å². The SMILES string of the molecule is COCc1cc(CC2(N)CC2)c(F)cc1OC. The average molecular weight is 239 g/mol. The summed E-state index contributed by atoms with van der Waals surface area (Å²) >= 11 is 0. The molecule has 2 N–H and O–H groups in total. The molecule has 1 fully saturated rings. The second kappa shape index (κ2) is 4.63. The molecule has 0 unspecified atom stereocenters. The fourth-order valence-corrected chi connectivity index (χ4v) is 1.96. The molecule has 17 heavy (non-hydrogen) atoms. The molecule has 0 aliphatic heterocycles. The van der Waals surface area contributed by atoms with Gasteiger partial charge in [-0.2, -0.15) is 0 Å². The molecular weight excluding hydrogens is 221 g/mol. The Kier molecular flexibility index (Phi) is 3.35. The summed E-state index contributed by atoms with van der Waals surface area (Å²) in [4.78, 5) is 0. The number of halogens is 1. The Morgan fingerprint density at radius 2 is 2.00 bits per heavy atom. The average Bonchev–Trinajstić information content (AvgIpc) is 3.01. The van der Waals surface area contributed by atoms with Crippen LogP contribution in [0.3, 0.4) is 0 Å². The molecule has 4 heteroatoms. The van der Waals surface area contributed by atoms with E-state index in [1.807, 2.05) is 0 Å². The van der Waals surface area contributed by atoms with E-state index in [0.717, 1.165) is 18.4 Å². The molecule has 0 bridgehead atoms. The largest absolute Gasteiger partial charge is 0.496 e. The molecule has 94 valence electrons. The predicted molar refractivity (Wildman–Crippen MR) is 63.5 cm³/mol. The molecule has 2 rings (SSSR count). The zero-order valence-corrected chi connectivity index (χ0v) is 10.3. The number of rotatable bonds is 5. The topological polar surface area (TPSA) is 44.5 Å². The lowest BCUT2D eigenvalue weighted by Gasteiger charge is -2.14. The summed E-state index contributed by atoms with van der Waals surface area (Å²) < 4.78 is 24.0. The van der Waals surface area contributed by atoms with Crippen LogP contribution in [0, 0.1) is 5.82 Å². The first-order valence-electron chi connectivity index (χ1n) is 5.71. The van der Waals surface area contributed by atoms with Gasteiger partial charge in [-0.3, -0.25) is 0 Å². The first kappa shape index (κ1) is 12.3. The highest BCUT2D eigenvalue weighted by Crippen LogP contribution is 2.37. The third-order valence-electron chi connectivity index (χ3n) is 3.18. The third-order valence-corrected chi connectivity index (χ3v) is 3.18. The normalized spacial score (nSPS) is 16.9. The maximum atomic E-state index is 13.8. The van der Waals surface area contributed by atoms with Crippen molar-refractivity contribution in [3.63, 3.8) is 0 Å². The molecule has 1 aliphatic rings. The number of ether oxygens (including phenoxy) is 2. The van der Waals surface area contributed by atoms with E-state index in [0.29, 0.717) is 24.3 Å². The maximum absolute atomic E-state index is 13.8. The minimum Gasteiger partial charge on any atom is -0.496 e. The molecule has 0 aromatic heterocycles. The highest BCUT2D eigenvalue weighted by Gasteiger charge is 2.38. The molecule has 1 saturated carbocycles. The molecule has 0 radical (unpaired) electrons. The van der Waals surface area contributed by atoms with Crippen molar-refractivity contribution in [3.05, 3.63) is 29.1 Å². The Balaban J connectivity index is 2.28. The molecule has 0 saturated heterocycles. The fourth-order valence-electron chi connectivity index (χ4n) is 1.96. The zero-order chi connectivity index (χ0) is 12.5. The van der Waals surface area contributed by atoms with Crippen LogP contribution in [0.2, 0.25) is 0 Å². The summed E-state index contributed by atoms with van der Waals surface area (Å²) in [6.45, 7) is 0.411. The minimum atomic E-state index is -0.251. The van der Waals surface area contributed by atoms with Crippen LogP contribution in [-0.2, 0) is 17.8 Å². The lowest BCUT2D eigenvalue weighted by molar-refractivity contribution is 0.181. The van der Waals surface area contributed by atoms with Gasteiger partial charge in [0, 0.05) is 24.3 Å². The summed E-state index contributed by atoms with van der Waals surface area (Å²) in [6, 6.07) is 3.21. The minimum absolute atomic E-state index is 0.195. The van der Waals surface area contributed by atoms with E-state index >= 15 is 0 Å². The fraction of sp³-hybridized carbons (Fsp3) is 0.538. The Hall–Kier alpha value is -1.13. The zero-order valence-electron chi connectivity index (χ0n) is 10.3. The van der Waals surface area contributed by atoms with Crippen LogP contribution < -0.4 is 10.5 Å². The van der Waals surface area contributed by atoms with Crippen molar-refractivity contribution in [2.24, 2.45) is 5.73 Å². The molecular formula is C13H18FNO2. The predicted octanol–water partition coefficient (Wildman–Crippen LogP) is 2.01. The van der Waals surface area contributed by atoms with Crippen molar-refractivity contribution in [2.45, 2.75) is 31.4 Å². The summed E-state index contributed by atoms with van der Waals surface area (Å²) in [5.41, 5.74) is 7.33. The molecule has 3 nitrogen and oxygen atoms in total.